The van der Waals surface area contributed by atoms with E-state index in [4.69, 9.17) is 9.73 Å². The van der Waals surface area contributed by atoms with Crippen molar-refractivity contribution in [3.05, 3.63) is 29.8 Å². The number of nitrogens with one attached hydrogen (secondary N) is 2. The molecule has 1 saturated heterocycles. The van der Waals surface area contributed by atoms with Crippen LogP contribution in [-0.2, 0) is 6.54 Å². The van der Waals surface area contributed by atoms with Crippen LogP contribution in [0.4, 0.5) is 0 Å². The Kier molecular flexibility index (Phi) is 8.15. The van der Waals surface area contributed by atoms with Gasteiger partial charge in [0.05, 0.1) is 13.2 Å². The summed E-state index contributed by atoms with van der Waals surface area (Å²) >= 11 is 2.06. The largest absolute Gasteiger partial charge is 0.494 e. The van der Waals surface area contributed by atoms with Gasteiger partial charge in [0.1, 0.15) is 5.75 Å². The van der Waals surface area contributed by atoms with Gasteiger partial charge in [-0.3, -0.25) is 0 Å². The van der Waals surface area contributed by atoms with Gasteiger partial charge in [0.25, 0.3) is 0 Å². The van der Waals surface area contributed by atoms with Crippen LogP contribution in [0.25, 0.3) is 0 Å². The van der Waals surface area contributed by atoms with E-state index in [1.54, 1.807) is 0 Å². The lowest BCUT2D eigenvalue weighted by Crippen LogP contribution is -2.40. The summed E-state index contributed by atoms with van der Waals surface area (Å²) in [7, 11) is 0. The molecule has 0 saturated carbocycles. The molecule has 128 valence electrons. The van der Waals surface area contributed by atoms with Crippen LogP contribution in [-0.4, -0.2) is 36.7 Å². The van der Waals surface area contributed by atoms with Gasteiger partial charge in [-0.25, -0.2) is 4.99 Å². The Morgan fingerprint density at radius 1 is 1.35 bits per heavy atom. The summed E-state index contributed by atoms with van der Waals surface area (Å²) in [5.74, 6) is 3.13. The normalized spacial score (nSPS) is 18.0. The Labute approximate surface area is 144 Å². The number of nitrogens with zero attached hydrogens (tertiary/aromatic N) is 1. The molecular weight excluding hydrogens is 306 g/mol. The molecule has 1 fully saturated rings. The van der Waals surface area contributed by atoms with Crippen molar-refractivity contribution < 1.29 is 4.74 Å². The first-order valence-corrected chi connectivity index (χ1v) is 9.72. The number of ether oxygens (including phenoxy) is 1. The molecule has 0 aliphatic carbocycles. The highest BCUT2D eigenvalue weighted by atomic mass is 32.2. The highest BCUT2D eigenvalue weighted by Gasteiger charge is 2.15. The topological polar surface area (TPSA) is 45.6 Å². The number of thioether (sulfide) groups is 1. The standard InChI is InChI=1S/C18H29N3OS/c1-3-10-22-16-8-5-7-15(12-16)13-20-18(19-4-2)21-14-17-9-6-11-23-17/h5,7-8,12,17H,3-4,6,9-11,13-14H2,1-2H3,(H2,19,20,21). The van der Waals surface area contributed by atoms with E-state index in [2.05, 4.69) is 48.4 Å². The average Bonchev–Trinajstić information content (AvgIpc) is 3.09. The maximum Gasteiger partial charge on any atom is 0.191 e. The molecule has 1 aliphatic rings. The fourth-order valence-electron chi connectivity index (χ4n) is 2.48. The van der Waals surface area contributed by atoms with Gasteiger partial charge < -0.3 is 15.4 Å². The van der Waals surface area contributed by atoms with Crippen LogP contribution in [0, 0.1) is 0 Å². The second-order valence-electron chi connectivity index (χ2n) is 5.71. The molecule has 5 heteroatoms. The quantitative estimate of drug-likeness (QED) is 0.564. The van der Waals surface area contributed by atoms with E-state index < -0.39 is 0 Å². The number of guanidine groups is 1. The Hall–Kier alpha value is -1.36. The smallest absolute Gasteiger partial charge is 0.191 e. The third kappa shape index (κ3) is 6.73. The molecule has 4 nitrogen and oxygen atoms in total. The molecule has 0 radical (unpaired) electrons. The van der Waals surface area contributed by atoms with E-state index in [0.29, 0.717) is 6.54 Å². The van der Waals surface area contributed by atoms with Crippen molar-refractivity contribution in [3.8, 4) is 5.75 Å². The SMILES string of the molecule is CCCOc1cccc(CN=C(NCC)NCC2CCCS2)c1. The van der Waals surface area contributed by atoms with Crippen LogP contribution in [0.2, 0.25) is 0 Å². The van der Waals surface area contributed by atoms with E-state index in [-0.39, 0.29) is 0 Å². The highest BCUT2D eigenvalue weighted by molar-refractivity contribution is 8.00. The maximum absolute atomic E-state index is 5.68. The molecular formula is C18H29N3OS. The van der Waals surface area contributed by atoms with Gasteiger partial charge in [-0.1, -0.05) is 19.1 Å². The van der Waals surface area contributed by atoms with Crippen molar-refractivity contribution in [2.24, 2.45) is 4.99 Å². The number of rotatable bonds is 8. The molecule has 1 aromatic carbocycles. The van der Waals surface area contributed by atoms with Gasteiger partial charge in [0, 0.05) is 18.3 Å². The third-order valence-corrected chi connectivity index (χ3v) is 5.05. The predicted octanol–water partition coefficient (Wildman–Crippen LogP) is 3.43. The predicted molar refractivity (Wildman–Crippen MR) is 101 cm³/mol. The second-order valence-corrected chi connectivity index (χ2v) is 7.12. The van der Waals surface area contributed by atoms with Crippen molar-refractivity contribution in [3.63, 3.8) is 0 Å². The second kappa shape index (κ2) is 10.4. The van der Waals surface area contributed by atoms with Crippen molar-refractivity contribution >= 4 is 17.7 Å². The zero-order valence-corrected chi connectivity index (χ0v) is 15.1. The van der Waals surface area contributed by atoms with E-state index in [9.17, 15) is 0 Å². The van der Waals surface area contributed by atoms with Gasteiger partial charge in [0.15, 0.2) is 5.96 Å². The lowest BCUT2D eigenvalue weighted by atomic mass is 10.2. The number of hydrogen-bond acceptors (Lipinski definition) is 3. The summed E-state index contributed by atoms with van der Waals surface area (Å²) in [5.41, 5.74) is 1.17. The fourth-order valence-corrected chi connectivity index (χ4v) is 3.68. The first-order valence-electron chi connectivity index (χ1n) is 8.67. The van der Waals surface area contributed by atoms with Crippen LogP contribution >= 0.6 is 11.8 Å². The first kappa shape index (κ1) is 18.0. The summed E-state index contributed by atoms with van der Waals surface area (Å²) in [6, 6.07) is 8.21. The third-order valence-electron chi connectivity index (χ3n) is 3.66. The van der Waals surface area contributed by atoms with Crippen molar-refractivity contribution in [2.45, 2.75) is 44.9 Å². The molecule has 1 atom stereocenters. The van der Waals surface area contributed by atoms with Gasteiger partial charge in [-0.15, -0.1) is 0 Å². The van der Waals surface area contributed by atoms with Crippen LogP contribution < -0.4 is 15.4 Å². The van der Waals surface area contributed by atoms with Crippen LogP contribution in [0.15, 0.2) is 29.3 Å². The zero-order valence-electron chi connectivity index (χ0n) is 14.3. The minimum atomic E-state index is 0.663. The summed E-state index contributed by atoms with van der Waals surface area (Å²) in [6.45, 7) is 7.51. The Morgan fingerprint density at radius 3 is 3.00 bits per heavy atom. The molecule has 0 bridgehead atoms. The molecule has 1 aliphatic heterocycles. The summed E-state index contributed by atoms with van der Waals surface area (Å²) < 4.78 is 5.68. The lowest BCUT2D eigenvalue weighted by Gasteiger charge is -2.14. The minimum Gasteiger partial charge on any atom is -0.494 e. The molecule has 0 amide bonds. The number of aliphatic imine (C=N–C) groups is 1. The molecule has 1 unspecified atom stereocenters. The molecule has 23 heavy (non-hydrogen) atoms. The Bertz CT molecular complexity index is 487. The minimum absolute atomic E-state index is 0.663. The van der Waals surface area contributed by atoms with E-state index in [0.717, 1.165) is 43.1 Å². The van der Waals surface area contributed by atoms with Crippen LogP contribution in [0.1, 0.15) is 38.7 Å². The van der Waals surface area contributed by atoms with E-state index in [1.807, 2.05) is 12.1 Å². The molecule has 0 spiro atoms. The van der Waals surface area contributed by atoms with Crippen LogP contribution in [0.5, 0.6) is 5.75 Å². The molecule has 0 aromatic heterocycles. The summed E-state index contributed by atoms with van der Waals surface area (Å²) in [5, 5.41) is 7.52. The van der Waals surface area contributed by atoms with Crippen molar-refractivity contribution in [2.75, 3.05) is 25.4 Å². The molecule has 2 N–H and O–H groups in total. The van der Waals surface area contributed by atoms with Crippen LogP contribution in [0.3, 0.4) is 0 Å². The molecule has 1 aromatic rings. The Balaban J connectivity index is 1.88. The maximum atomic E-state index is 5.68. The highest BCUT2D eigenvalue weighted by Crippen LogP contribution is 2.25. The summed E-state index contributed by atoms with van der Waals surface area (Å²) in [4.78, 5) is 4.70. The van der Waals surface area contributed by atoms with E-state index >= 15 is 0 Å². The van der Waals surface area contributed by atoms with Gasteiger partial charge in [0.2, 0.25) is 0 Å². The van der Waals surface area contributed by atoms with Gasteiger partial charge in [-0.2, -0.15) is 11.8 Å². The van der Waals surface area contributed by atoms with Crippen molar-refractivity contribution in [1.29, 1.82) is 0 Å². The average molecular weight is 336 g/mol. The lowest BCUT2D eigenvalue weighted by molar-refractivity contribution is 0.317. The first-order chi connectivity index (χ1) is 11.3. The Morgan fingerprint density at radius 2 is 2.26 bits per heavy atom. The molecule has 1 heterocycles. The van der Waals surface area contributed by atoms with E-state index in [1.165, 1.54) is 24.2 Å². The fraction of sp³-hybridized carbons (Fsp3) is 0.611. The van der Waals surface area contributed by atoms with Gasteiger partial charge >= 0.3 is 0 Å². The zero-order chi connectivity index (χ0) is 16.3. The van der Waals surface area contributed by atoms with Gasteiger partial charge in [-0.05, 0) is 49.6 Å². The monoisotopic (exact) mass is 335 g/mol. The van der Waals surface area contributed by atoms with Crippen molar-refractivity contribution in [1.82, 2.24) is 10.6 Å². The number of hydrogen-bond donors (Lipinski definition) is 2. The summed E-state index contributed by atoms with van der Waals surface area (Å²) in [6.07, 6.45) is 3.68. The number of benzene rings is 1. The molecule has 2 rings (SSSR count).